The molecule has 1 aromatic heterocycles. The number of nitrogens with one attached hydrogen (secondary N) is 1. The molecule has 2 rings (SSSR count). The van der Waals surface area contributed by atoms with Crippen molar-refractivity contribution >= 4 is 11.3 Å². The van der Waals surface area contributed by atoms with Crippen molar-refractivity contribution in [3.8, 4) is 0 Å². The smallest absolute Gasteiger partial charge is 0.0823 e. The van der Waals surface area contributed by atoms with Crippen LogP contribution in [-0.4, -0.2) is 4.98 Å². The van der Waals surface area contributed by atoms with Gasteiger partial charge >= 0.3 is 0 Å². The lowest BCUT2D eigenvalue weighted by atomic mass is 10.00. The largest absolute Gasteiger partial charge is 0.271 e. The quantitative estimate of drug-likeness (QED) is 0.632. The second kappa shape index (κ2) is 4.74. The fourth-order valence-electron chi connectivity index (χ4n) is 1.81. The third-order valence-corrected chi connectivity index (χ3v) is 3.71. The van der Waals surface area contributed by atoms with Crippen molar-refractivity contribution in [3.63, 3.8) is 0 Å². The highest BCUT2D eigenvalue weighted by molar-refractivity contribution is 7.09. The highest BCUT2D eigenvalue weighted by atomic mass is 32.1. The number of aromatic nitrogens is 1. The van der Waals surface area contributed by atoms with Crippen LogP contribution in [-0.2, 0) is 0 Å². The van der Waals surface area contributed by atoms with Gasteiger partial charge in [-0.1, -0.05) is 24.3 Å². The van der Waals surface area contributed by atoms with E-state index >= 15 is 0 Å². The van der Waals surface area contributed by atoms with Crippen LogP contribution in [0.5, 0.6) is 0 Å². The first kappa shape index (κ1) is 11.3. The Morgan fingerprint density at radius 1 is 1.31 bits per heavy atom. The van der Waals surface area contributed by atoms with Crippen LogP contribution in [0.15, 0.2) is 29.8 Å². The second-order valence-electron chi connectivity index (χ2n) is 3.76. The molecule has 0 amide bonds. The maximum absolute atomic E-state index is 5.66. The van der Waals surface area contributed by atoms with Gasteiger partial charge in [0.25, 0.3) is 0 Å². The van der Waals surface area contributed by atoms with E-state index in [1.807, 2.05) is 24.6 Å². The normalized spacial score (nSPS) is 12.7. The van der Waals surface area contributed by atoms with Crippen LogP contribution in [0.1, 0.15) is 27.7 Å². The van der Waals surface area contributed by atoms with Gasteiger partial charge in [0.05, 0.1) is 22.1 Å². The van der Waals surface area contributed by atoms with Crippen molar-refractivity contribution in [2.24, 2.45) is 5.84 Å². The summed E-state index contributed by atoms with van der Waals surface area (Å²) >= 11 is 1.63. The zero-order valence-electron chi connectivity index (χ0n) is 9.40. The van der Waals surface area contributed by atoms with Crippen LogP contribution in [0, 0.1) is 13.8 Å². The van der Waals surface area contributed by atoms with Crippen molar-refractivity contribution in [3.05, 3.63) is 51.5 Å². The topological polar surface area (TPSA) is 50.9 Å². The SMILES string of the molecule is Cc1ccccc1C(NN)c1scnc1C. The number of benzene rings is 1. The van der Waals surface area contributed by atoms with E-state index in [0.29, 0.717) is 0 Å². The first-order valence-corrected chi connectivity index (χ1v) is 6.03. The van der Waals surface area contributed by atoms with E-state index in [1.54, 1.807) is 11.3 Å². The molecule has 0 saturated carbocycles. The molecular weight excluding hydrogens is 218 g/mol. The maximum Gasteiger partial charge on any atom is 0.0823 e. The average Bonchev–Trinajstić information content (AvgIpc) is 2.69. The monoisotopic (exact) mass is 233 g/mol. The third kappa shape index (κ3) is 2.00. The molecule has 0 aliphatic rings. The first-order chi connectivity index (χ1) is 7.74. The summed E-state index contributed by atoms with van der Waals surface area (Å²) in [7, 11) is 0. The van der Waals surface area contributed by atoms with E-state index in [2.05, 4.69) is 29.5 Å². The number of aryl methyl sites for hydroxylation is 2. The summed E-state index contributed by atoms with van der Waals surface area (Å²) in [4.78, 5) is 5.44. The molecule has 16 heavy (non-hydrogen) atoms. The Hall–Kier alpha value is -1.23. The van der Waals surface area contributed by atoms with Crippen molar-refractivity contribution in [2.45, 2.75) is 19.9 Å². The Morgan fingerprint density at radius 2 is 2.06 bits per heavy atom. The number of nitrogens with zero attached hydrogens (tertiary/aromatic N) is 1. The minimum atomic E-state index is 0.0358. The minimum absolute atomic E-state index is 0.0358. The summed E-state index contributed by atoms with van der Waals surface area (Å²) in [6.07, 6.45) is 0. The van der Waals surface area contributed by atoms with Gasteiger partial charge in [-0.15, -0.1) is 11.3 Å². The molecule has 0 fully saturated rings. The number of hydrogen-bond acceptors (Lipinski definition) is 4. The molecule has 3 N–H and O–H groups in total. The predicted molar refractivity (Wildman–Crippen MR) is 67.2 cm³/mol. The second-order valence-corrected chi connectivity index (χ2v) is 4.64. The lowest BCUT2D eigenvalue weighted by molar-refractivity contribution is 0.639. The molecule has 1 heterocycles. The first-order valence-electron chi connectivity index (χ1n) is 5.15. The molecule has 0 spiro atoms. The van der Waals surface area contributed by atoms with Crippen LogP contribution in [0.25, 0.3) is 0 Å². The minimum Gasteiger partial charge on any atom is -0.271 e. The zero-order chi connectivity index (χ0) is 11.5. The molecule has 2 aromatic rings. The van der Waals surface area contributed by atoms with Crippen molar-refractivity contribution in [1.29, 1.82) is 0 Å². The molecule has 0 radical (unpaired) electrons. The van der Waals surface area contributed by atoms with E-state index in [0.717, 1.165) is 5.69 Å². The van der Waals surface area contributed by atoms with Crippen LogP contribution in [0.2, 0.25) is 0 Å². The lowest BCUT2D eigenvalue weighted by Gasteiger charge is -2.17. The molecule has 84 valence electrons. The number of hydrazine groups is 1. The van der Waals surface area contributed by atoms with Gasteiger partial charge in [0, 0.05) is 0 Å². The van der Waals surface area contributed by atoms with Crippen molar-refractivity contribution < 1.29 is 0 Å². The Morgan fingerprint density at radius 3 is 2.62 bits per heavy atom. The highest BCUT2D eigenvalue weighted by Crippen LogP contribution is 2.28. The van der Waals surface area contributed by atoms with Crippen molar-refractivity contribution in [2.75, 3.05) is 0 Å². The molecule has 1 unspecified atom stereocenters. The van der Waals surface area contributed by atoms with Crippen LogP contribution >= 0.6 is 11.3 Å². The van der Waals surface area contributed by atoms with Gasteiger partial charge in [-0.05, 0) is 25.0 Å². The average molecular weight is 233 g/mol. The van der Waals surface area contributed by atoms with Gasteiger partial charge in [0.2, 0.25) is 0 Å². The van der Waals surface area contributed by atoms with Crippen LogP contribution < -0.4 is 11.3 Å². The van der Waals surface area contributed by atoms with Gasteiger partial charge in [0.15, 0.2) is 0 Å². The van der Waals surface area contributed by atoms with Gasteiger partial charge in [-0.2, -0.15) is 0 Å². The number of thiazole rings is 1. The Kier molecular flexibility index (Phi) is 3.33. The summed E-state index contributed by atoms with van der Waals surface area (Å²) in [6, 6.07) is 8.29. The van der Waals surface area contributed by atoms with Gasteiger partial charge in [0.1, 0.15) is 0 Å². The predicted octanol–water partition coefficient (Wildman–Crippen LogP) is 2.31. The fraction of sp³-hybridized carbons (Fsp3) is 0.250. The highest BCUT2D eigenvalue weighted by Gasteiger charge is 2.17. The molecule has 3 nitrogen and oxygen atoms in total. The summed E-state index contributed by atoms with van der Waals surface area (Å²) in [5.74, 6) is 5.66. The van der Waals surface area contributed by atoms with Gasteiger partial charge in [-0.3, -0.25) is 5.84 Å². The molecule has 0 aliphatic carbocycles. The van der Waals surface area contributed by atoms with E-state index < -0.39 is 0 Å². The van der Waals surface area contributed by atoms with E-state index in [4.69, 9.17) is 5.84 Å². The molecule has 0 bridgehead atoms. The number of rotatable bonds is 3. The maximum atomic E-state index is 5.66. The zero-order valence-corrected chi connectivity index (χ0v) is 10.2. The molecule has 0 aliphatic heterocycles. The van der Waals surface area contributed by atoms with Gasteiger partial charge in [-0.25, -0.2) is 10.4 Å². The standard InChI is InChI=1S/C12H15N3S/c1-8-5-3-4-6-10(8)11(15-13)12-9(2)14-7-16-12/h3-7,11,15H,13H2,1-2H3. The number of hydrogen-bond donors (Lipinski definition) is 2. The summed E-state index contributed by atoms with van der Waals surface area (Å²) < 4.78 is 0. The lowest BCUT2D eigenvalue weighted by Crippen LogP contribution is -2.29. The molecule has 1 aromatic carbocycles. The third-order valence-electron chi connectivity index (χ3n) is 2.71. The van der Waals surface area contributed by atoms with E-state index in [1.165, 1.54) is 16.0 Å². The summed E-state index contributed by atoms with van der Waals surface area (Å²) in [5, 5.41) is 0. The fourth-order valence-corrected chi connectivity index (χ4v) is 2.68. The molecule has 1 atom stereocenters. The number of nitrogens with two attached hydrogens (primary N) is 1. The molecular formula is C12H15N3S. The van der Waals surface area contributed by atoms with E-state index in [-0.39, 0.29) is 6.04 Å². The van der Waals surface area contributed by atoms with Crippen LogP contribution in [0.4, 0.5) is 0 Å². The summed E-state index contributed by atoms with van der Waals surface area (Å²) in [5.41, 5.74) is 8.21. The van der Waals surface area contributed by atoms with E-state index in [9.17, 15) is 0 Å². The summed E-state index contributed by atoms with van der Waals surface area (Å²) in [6.45, 7) is 4.10. The Labute approximate surface area is 99.3 Å². The molecule has 0 saturated heterocycles. The Balaban J connectivity index is 2.45. The molecule has 4 heteroatoms. The van der Waals surface area contributed by atoms with Crippen molar-refractivity contribution in [1.82, 2.24) is 10.4 Å². The van der Waals surface area contributed by atoms with Gasteiger partial charge < -0.3 is 0 Å². The van der Waals surface area contributed by atoms with Crippen LogP contribution in [0.3, 0.4) is 0 Å². The Bertz CT molecular complexity index is 479.